The minimum Gasteiger partial charge on any atom is -0.495 e. The lowest BCUT2D eigenvalue weighted by Crippen LogP contribution is -2.56. The first kappa shape index (κ1) is 14.2. The number of halogens is 1. The van der Waals surface area contributed by atoms with Crippen LogP contribution >= 0.6 is 11.6 Å². The van der Waals surface area contributed by atoms with Crippen LogP contribution in [0.5, 0.6) is 5.75 Å². The number of nitrogens with zero attached hydrogens (tertiary/aromatic N) is 1. The second-order valence-corrected chi connectivity index (χ2v) is 5.92. The van der Waals surface area contributed by atoms with Gasteiger partial charge in [0.15, 0.2) is 11.3 Å². The number of alkyl halides is 1. The molecular weight excluding hydrogens is 312 g/mol. The van der Waals surface area contributed by atoms with Gasteiger partial charge in [-0.25, -0.2) is 0 Å². The van der Waals surface area contributed by atoms with Gasteiger partial charge in [-0.15, -0.1) is 0 Å². The van der Waals surface area contributed by atoms with Crippen LogP contribution in [-0.2, 0) is 4.79 Å². The summed E-state index contributed by atoms with van der Waals surface area (Å²) < 4.78 is 5.42. The molecule has 1 N–H and O–H groups in total. The van der Waals surface area contributed by atoms with E-state index in [1.165, 1.54) is 0 Å². The minimum absolute atomic E-state index is 0.00215. The second-order valence-electron chi connectivity index (χ2n) is 5.51. The van der Waals surface area contributed by atoms with E-state index in [2.05, 4.69) is 4.98 Å². The SMILES string of the molecule is COc1ccccc1N1[C@@H](c2c[nH]c3ccccc23)C(=O)[C@@H]1Cl. The number of aromatic amines is 1. The molecule has 1 aromatic heterocycles. The van der Waals surface area contributed by atoms with Crippen molar-refractivity contribution in [3.05, 3.63) is 60.3 Å². The van der Waals surface area contributed by atoms with Crippen LogP contribution in [0.25, 0.3) is 10.9 Å². The summed E-state index contributed by atoms with van der Waals surface area (Å²) in [5.41, 5.74) is 2.09. The number of anilines is 1. The van der Waals surface area contributed by atoms with Gasteiger partial charge in [-0.3, -0.25) is 4.79 Å². The molecule has 0 aliphatic carbocycles. The predicted molar refractivity (Wildman–Crippen MR) is 91.2 cm³/mol. The van der Waals surface area contributed by atoms with Gasteiger partial charge in [-0.05, 0) is 18.2 Å². The number of hydrogen-bond acceptors (Lipinski definition) is 3. The molecule has 1 aliphatic rings. The van der Waals surface area contributed by atoms with Gasteiger partial charge in [0.1, 0.15) is 11.8 Å². The van der Waals surface area contributed by atoms with E-state index in [9.17, 15) is 4.79 Å². The van der Waals surface area contributed by atoms with Crippen molar-refractivity contribution in [2.75, 3.05) is 12.0 Å². The summed E-state index contributed by atoms with van der Waals surface area (Å²) in [6.45, 7) is 0. The van der Waals surface area contributed by atoms with E-state index in [4.69, 9.17) is 16.3 Å². The molecule has 0 bridgehead atoms. The summed E-state index contributed by atoms with van der Waals surface area (Å²) in [5, 5.41) is 1.04. The number of aromatic nitrogens is 1. The van der Waals surface area contributed by atoms with Crippen molar-refractivity contribution in [3.63, 3.8) is 0 Å². The molecular formula is C18H15ClN2O2. The Morgan fingerprint density at radius 2 is 1.87 bits per heavy atom. The largest absolute Gasteiger partial charge is 0.495 e. The number of benzene rings is 2. The fourth-order valence-electron chi connectivity index (χ4n) is 3.18. The summed E-state index contributed by atoms with van der Waals surface area (Å²) in [4.78, 5) is 17.6. The maximum atomic E-state index is 12.5. The Labute approximate surface area is 138 Å². The minimum atomic E-state index is -0.676. The van der Waals surface area contributed by atoms with Gasteiger partial charge in [0.25, 0.3) is 0 Å². The molecule has 116 valence electrons. The molecule has 3 aromatic rings. The summed E-state index contributed by atoms with van der Waals surface area (Å²) in [6.07, 6.45) is 1.89. The Morgan fingerprint density at radius 1 is 1.13 bits per heavy atom. The zero-order valence-corrected chi connectivity index (χ0v) is 13.2. The molecule has 4 nitrogen and oxygen atoms in total. The van der Waals surface area contributed by atoms with Gasteiger partial charge < -0.3 is 14.6 Å². The summed E-state index contributed by atoms with van der Waals surface area (Å²) >= 11 is 6.30. The molecule has 1 aliphatic heterocycles. The lowest BCUT2D eigenvalue weighted by atomic mass is 9.91. The number of ketones is 1. The maximum absolute atomic E-state index is 12.5. The highest BCUT2D eigenvalue weighted by molar-refractivity contribution is 6.37. The average molecular weight is 327 g/mol. The number of methoxy groups -OCH3 is 1. The third-order valence-electron chi connectivity index (χ3n) is 4.31. The summed E-state index contributed by atoms with van der Waals surface area (Å²) in [6, 6.07) is 15.1. The molecule has 23 heavy (non-hydrogen) atoms. The van der Waals surface area contributed by atoms with E-state index in [0.717, 1.165) is 22.2 Å². The molecule has 2 atom stereocenters. The van der Waals surface area contributed by atoms with E-state index < -0.39 is 11.5 Å². The number of ether oxygens (including phenoxy) is 1. The lowest BCUT2D eigenvalue weighted by Gasteiger charge is -2.45. The number of para-hydroxylation sites is 3. The van der Waals surface area contributed by atoms with Crippen LogP contribution < -0.4 is 9.64 Å². The second kappa shape index (κ2) is 5.32. The fourth-order valence-corrected chi connectivity index (χ4v) is 3.52. The highest BCUT2D eigenvalue weighted by Gasteiger charge is 2.49. The molecule has 2 heterocycles. The van der Waals surface area contributed by atoms with Gasteiger partial charge in [0.2, 0.25) is 0 Å². The predicted octanol–water partition coefficient (Wildman–Crippen LogP) is 3.87. The summed E-state index contributed by atoms with van der Waals surface area (Å²) in [5.74, 6) is 0.706. The van der Waals surface area contributed by atoms with Crippen molar-refractivity contribution < 1.29 is 9.53 Å². The molecule has 0 unspecified atom stereocenters. The molecule has 1 fully saturated rings. The summed E-state index contributed by atoms with van der Waals surface area (Å²) in [7, 11) is 1.62. The molecule has 0 radical (unpaired) electrons. The Kier molecular flexibility index (Phi) is 3.27. The Balaban J connectivity index is 1.82. The molecule has 0 amide bonds. The van der Waals surface area contributed by atoms with Crippen molar-refractivity contribution in [1.82, 2.24) is 4.98 Å². The van der Waals surface area contributed by atoms with Gasteiger partial charge in [0, 0.05) is 22.7 Å². The van der Waals surface area contributed by atoms with Crippen molar-refractivity contribution >= 4 is 34.0 Å². The van der Waals surface area contributed by atoms with Crippen molar-refractivity contribution in [3.8, 4) is 5.75 Å². The first-order chi connectivity index (χ1) is 11.2. The van der Waals surface area contributed by atoms with E-state index in [-0.39, 0.29) is 5.78 Å². The van der Waals surface area contributed by atoms with Crippen LogP contribution in [0.1, 0.15) is 11.6 Å². The fraction of sp³-hybridized carbons (Fsp3) is 0.167. The zero-order chi connectivity index (χ0) is 16.0. The number of Topliss-reactive ketones (excluding diaryl/α,β-unsaturated/α-hetero) is 1. The van der Waals surface area contributed by atoms with Crippen LogP contribution in [0.4, 0.5) is 5.69 Å². The molecule has 0 saturated carbocycles. The quantitative estimate of drug-likeness (QED) is 0.587. The number of carbonyl (C=O) groups is 1. The van der Waals surface area contributed by atoms with Gasteiger partial charge in [-0.2, -0.15) is 0 Å². The first-order valence-electron chi connectivity index (χ1n) is 7.37. The smallest absolute Gasteiger partial charge is 0.197 e. The van der Waals surface area contributed by atoms with Crippen LogP contribution in [0.2, 0.25) is 0 Å². The third kappa shape index (κ3) is 2.02. The van der Waals surface area contributed by atoms with Crippen LogP contribution in [-0.4, -0.2) is 23.4 Å². The molecule has 1 saturated heterocycles. The number of nitrogens with one attached hydrogen (secondary N) is 1. The number of H-pyrrole nitrogens is 1. The van der Waals surface area contributed by atoms with E-state index in [1.807, 2.05) is 59.6 Å². The molecule has 5 heteroatoms. The third-order valence-corrected chi connectivity index (χ3v) is 4.73. The number of rotatable bonds is 3. The average Bonchev–Trinajstić information content (AvgIpc) is 3.02. The number of carbonyl (C=O) groups excluding carboxylic acids is 1. The maximum Gasteiger partial charge on any atom is 0.197 e. The van der Waals surface area contributed by atoms with Crippen molar-refractivity contribution in [2.45, 2.75) is 11.5 Å². The normalized spacial score (nSPS) is 20.6. The molecule has 2 aromatic carbocycles. The number of fused-ring (bicyclic) bond motifs is 1. The van der Waals surface area contributed by atoms with Crippen LogP contribution in [0, 0.1) is 0 Å². The van der Waals surface area contributed by atoms with Crippen LogP contribution in [0.3, 0.4) is 0 Å². The van der Waals surface area contributed by atoms with E-state index in [1.54, 1.807) is 7.11 Å². The van der Waals surface area contributed by atoms with Crippen molar-refractivity contribution in [2.24, 2.45) is 0 Å². The Bertz CT molecular complexity index is 889. The van der Waals surface area contributed by atoms with Gasteiger partial charge in [0.05, 0.1) is 12.8 Å². The highest BCUT2D eigenvalue weighted by atomic mass is 35.5. The standard InChI is InChI=1S/C18H15ClN2O2/c1-23-15-9-5-4-8-14(15)21-16(17(22)18(21)19)12-10-20-13-7-3-2-6-11(12)13/h2-10,16,18,20H,1H3/t16-,18+/m0/s1. The first-order valence-corrected chi connectivity index (χ1v) is 7.81. The lowest BCUT2D eigenvalue weighted by molar-refractivity contribution is -0.124. The highest BCUT2D eigenvalue weighted by Crippen LogP contribution is 2.46. The van der Waals surface area contributed by atoms with E-state index >= 15 is 0 Å². The Hall–Kier alpha value is -2.46. The number of hydrogen-bond donors (Lipinski definition) is 1. The van der Waals surface area contributed by atoms with Crippen LogP contribution in [0.15, 0.2) is 54.7 Å². The van der Waals surface area contributed by atoms with Gasteiger partial charge in [-0.1, -0.05) is 41.9 Å². The van der Waals surface area contributed by atoms with Crippen molar-refractivity contribution in [1.29, 1.82) is 0 Å². The van der Waals surface area contributed by atoms with Gasteiger partial charge >= 0.3 is 0 Å². The monoisotopic (exact) mass is 326 g/mol. The molecule has 0 spiro atoms. The zero-order valence-electron chi connectivity index (χ0n) is 12.5. The Morgan fingerprint density at radius 3 is 2.70 bits per heavy atom. The molecule has 4 rings (SSSR count). The van der Waals surface area contributed by atoms with E-state index in [0.29, 0.717) is 5.75 Å². The topological polar surface area (TPSA) is 45.3 Å².